The van der Waals surface area contributed by atoms with E-state index in [2.05, 4.69) is 15.3 Å². The SMILES string of the molecule is Cc1nc(C)c(C(=O)Nc2cccnc2C(=O)O)o1. The van der Waals surface area contributed by atoms with Crippen molar-refractivity contribution < 1.29 is 19.1 Å². The van der Waals surface area contributed by atoms with Gasteiger partial charge in [0.2, 0.25) is 5.76 Å². The van der Waals surface area contributed by atoms with Gasteiger partial charge in [-0.25, -0.2) is 14.8 Å². The van der Waals surface area contributed by atoms with Gasteiger partial charge in [-0.1, -0.05) is 0 Å². The first kappa shape index (κ1) is 12.7. The van der Waals surface area contributed by atoms with Crippen molar-refractivity contribution in [2.75, 3.05) is 5.32 Å². The van der Waals surface area contributed by atoms with Gasteiger partial charge < -0.3 is 14.8 Å². The van der Waals surface area contributed by atoms with Crippen molar-refractivity contribution in [3.05, 3.63) is 41.4 Å². The van der Waals surface area contributed by atoms with E-state index in [0.29, 0.717) is 11.6 Å². The Kier molecular flexibility index (Phi) is 3.28. The number of anilines is 1. The Morgan fingerprint density at radius 2 is 2.11 bits per heavy atom. The van der Waals surface area contributed by atoms with E-state index >= 15 is 0 Å². The maximum Gasteiger partial charge on any atom is 0.356 e. The maximum atomic E-state index is 12.0. The lowest BCUT2D eigenvalue weighted by atomic mass is 10.2. The molecule has 1 amide bonds. The first-order chi connectivity index (χ1) is 8.99. The zero-order valence-electron chi connectivity index (χ0n) is 10.3. The van der Waals surface area contributed by atoms with Gasteiger partial charge >= 0.3 is 5.97 Å². The minimum absolute atomic E-state index is 0.0534. The van der Waals surface area contributed by atoms with Gasteiger partial charge in [-0.15, -0.1) is 0 Å². The quantitative estimate of drug-likeness (QED) is 0.870. The Balaban J connectivity index is 2.29. The molecule has 2 heterocycles. The van der Waals surface area contributed by atoms with E-state index in [1.165, 1.54) is 18.3 Å². The summed E-state index contributed by atoms with van der Waals surface area (Å²) in [5.41, 5.74) is 0.314. The molecule has 0 aliphatic carbocycles. The first-order valence-electron chi connectivity index (χ1n) is 5.42. The summed E-state index contributed by atoms with van der Waals surface area (Å²) in [7, 11) is 0. The molecule has 0 spiro atoms. The Hall–Kier alpha value is -2.70. The molecule has 7 nitrogen and oxygen atoms in total. The number of oxazole rings is 1. The standard InChI is InChI=1S/C12H11N3O4/c1-6-10(19-7(2)14-6)11(16)15-8-4-3-5-13-9(8)12(17)18/h3-5H,1-2H3,(H,15,16)(H,17,18). The summed E-state index contributed by atoms with van der Waals surface area (Å²) in [5, 5.41) is 11.4. The monoisotopic (exact) mass is 261 g/mol. The molecule has 0 saturated carbocycles. The molecule has 2 rings (SSSR count). The van der Waals surface area contributed by atoms with E-state index < -0.39 is 11.9 Å². The van der Waals surface area contributed by atoms with Crippen LogP contribution in [0.25, 0.3) is 0 Å². The zero-order chi connectivity index (χ0) is 14.0. The van der Waals surface area contributed by atoms with Crippen LogP contribution in [0.4, 0.5) is 5.69 Å². The number of nitrogens with one attached hydrogen (secondary N) is 1. The lowest BCUT2D eigenvalue weighted by molar-refractivity contribution is 0.0691. The number of hydrogen-bond acceptors (Lipinski definition) is 5. The molecule has 7 heteroatoms. The zero-order valence-corrected chi connectivity index (χ0v) is 10.3. The van der Waals surface area contributed by atoms with Crippen molar-refractivity contribution in [2.24, 2.45) is 0 Å². The summed E-state index contributed by atoms with van der Waals surface area (Å²) in [6.07, 6.45) is 1.34. The Morgan fingerprint density at radius 3 is 2.68 bits per heavy atom. The molecule has 0 aliphatic heterocycles. The first-order valence-corrected chi connectivity index (χ1v) is 5.42. The van der Waals surface area contributed by atoms with Gasteiger partial charge in [0.05, 0.1) is 11.4 Å². The Labute approximate surface area is 108 Å². The highest BCUT2D eigenvalue weighted by Gasteiger charge is 2.19. The lowest BCUT2D eigenvalue weighted by Gasteiger charge is -2.05. The fraction of sp³-hybridized carbons (Fsp3) is 0.167. The second-order valence-corrected chi connectivity index (χ2v) is 3.81. The third kappa shape index (κ3) is 2.59. The number of amides is 1. The number of hydrogen-bond donors (Lipinski definition) is 2. The average Bonchev–Trinajstić information content (AvgIpc) is 2.69. The van der Waals surface area contributed by atoms with E-state index in [4.69, 9.17) is 9.52 Å². The molecule has 0 saturated heterocycles. The molecule has 0 unspecified atom stereocenters. The van der Waals surface area contributed by atoms with E-state index in [0.717, 1.165) is 0 Å². The number of aromatic nitrogens is 2. The predicted molar refractivity (Wildman–Crippen MR) is 65.1 cm³/mol. The Bertz CT molecular complexity index is 648. The average molecular weight is 261 g/mol. The molecule has 19 heavy (non-hydrogen) atoms. The summed E-state index contributed by atoms with van der Waals surface area (Å²) in [6.45, 7) is 3.25. The number of carboxylic acid groups (broad SMARTS) is 1. The van der Waals surface area contributed by atoms with Crippen LogP contribution in [-0.4, -0.2) is 27.0 Å². The lowest BCUT2D eigenvalue weighted by Crippen LogP contribution is -2.16. The highest BCUT2D eigenvalue weighted by Crippen LogP contribution is 2.16. The van der Waals surface area contributed by atoms with E-state index in [-0.39, 0.29) is 17.1 Å². The number of aryl methyl sites for hydroxylation is 2. The van der Waals surface area contributed by atoms with Crippen LogP contribution in [0.5, 0.6) is 0 Å². The van der Waals surface area contributed by atoms with Gasteiger partial charge in [-0.3, -0.25) is 4.79 Å². The van der Waals surface area contributed by atoms with Gasteiger partial charge in [0.1, 0.15) is 0 Å². The molecule has 0 atom stereocenters. The molecule has 0 radical (unpaired) electrons. The van der Waals surface area contributed by atoms with Crippen molar-refractivity contribution in [1.29, 1.82) is 0 Å². The molecular weight excluding hydrogens is 250 g/mol. The summed E-state index contributed by atoms with van der Waals surface area (Å²) >= 11 is 0. The van der Waals surface area contributed by atoms with Crippen molar-refractivity contribution in [1.82, 2.24) is 9.97 Å². The van der Waals surface area contributed by atoms with Crippen LogP contribution in [0.1, 0.15) is 32.6 Å². The molecule has 0 aromatic carbocycles. The second-order valence-electron chi connectivity index (χ2n) is 3.81. The largest absolute Gasteiger partial charge is 0.476 e. The number of nitrogens with zero attached hydrogens (tertiary/aromatic N) is 2. The van der Waals surface area contributed by atoms with Crippen molar-refractivity contribution in [2.45, 2.75) is 13.8 Å². The van der Waals surface area contributed by atoms with Gasteiger partial charge in [0.25, 0.3) is 5.91 Å². The van der Waals surface area contributed by atoms with Crippen LogP contribution in [-0.2, 0) is 0 Å². The molecule has 2 N–H and O–H groups in total. The van der Waals surface area contributed by atoms with E-state index in [1.54, 1.807) is 13.8 Å². The summed E-state index contributed by atoms with van der Waals surface area (Å²) in [5.74, 6) is -1.36. The van der Waals surface area contributed by atoms with Gasteiger partial charge in [-0.2, -0.15) is 0 Å². The topological polar surface area (TPSA) is 105 Å². The minimum atomic E-state index is -1.22. The van der Waals surface area contributed by atoms with E-state index in [9.17, 15) is 9.59 Å². The van der Waals surface area contributed by atoms with Crippen molar-refractivity contribution >= 4 is 17.6 Å². The minimum Gasteiger partial charge on any atom is -0.476 e. The molecular formula is C12H11N3O4. The molecule has 2 aromatic heterocycles. The number of carbonyl (C=O) groups is 2. The molecule has 0 aliphatic rings. The van der Waals surface area contributed by atoms with Gasteiger partial charge in [0, 0.05) is 13.1 Å². The number of rotatable bonds is 3. The van der Waals surface area contributed by atoms with Crippen LogP contribution in [0.2, 0.25) is 0 Å². The van der Waals surface area contributed by atoms with E-state index in [1.807, 2.05) is 0 Å². The fourth-order valence-electron chi connectivity index (χ4n) is 1.60. The summed E-state index contributed by atoms with van der Waals surface area (Å²) in [4.78, 5) is 30.6. The smallest absolute Gasteiger partial charge is 0.356 e. The molecule has 0 bridgehead atoms. The summed E-state index contributed by atoms with van der Waals surface area (Å²) in [6, 6.07) is 2.98. The molecule has 2 aromatic rings. The fourth-order valence-corrected chi connectivity index (χ4v) is 1.60. The van der Waals surface area contributed by atoms with Crippen molar-refractivity contribution in [3.8, 4) is 0 Å². The molecule has 0 fully saturated rings. The number of carbonyl (C=O) groups excluding carboxylic acids is 1. The van der Waals surface area contributed by atoms with Crippen LogP contribution in [0.15, 0.2) is 22.7 Å². The Morgan fingerprint density at radius 1 is 1.37 bits per heavy atom. The number of aromatic carboxylic acids is 1. The van der Waals surface area contributed by atoms with Crippen LogP contribution >= 0.6 is 0 Å². The number of carboxylic acids is 1. The van der Waals surface area contributed by atoms with Gasteiger partial charge in [-0.05, 0) is 19.1 Å². The van der Waals surface area contributed by atoms with Crippen LogP contribution in [0.3, 0.4) is 0 Å². The second kappa shape index (κ2) is 4.89. The van der Waals surface area contributed by atoms with Gasteiger partial charge in [0.15, 0.2) is 11.6 Å². The summed E-state index contributed by atoms with van der Waals surface area (Å²) < 4.78 is 5.16. The third-order valence-corrected chi connectivity index (χ3v) is 2.37. The molecule has 98 valence electrons. The highest BCUT2D eigenvalue weighted by molar-refractivity contribution is 6.06. The normalized spacial score (nSPS) is 10.2. The third-order valence-electron chi connectivity index (χ3n) is 2.37. The maximum absolute atomic E-state index is 12.0. The van der Waals surface area contributed by atoms with Crippen LogP contribution < -0.4 is 5.32 Å². The van der Waals surface area contributed by atoms with Crippen LogP contribution in [0, 0.1) is 13.8 Å². The highest BCUT2D eigenvalue weighted by atomic mass is 16.4. The number of pyridine rings is 1. The predicted octanol–water partition coefficient (Wildman–Crippen LogP) is 1.64. The van der Waals surface area contributed by atoms with Crippen molar-refractivity contribution in [3.63, 3.8) is 0 Å².